The Morgan fingerprint density at radius 3 is 2.46 bits per heavy atom. The van der Waals surface area contributed by atoms with Gasteiger partial charge in [-0.2, -0.15) is 0 Å². The van der Waals surface area contributed by atoms with Gasteiger partial charge in [-0.15, -0.1) is 0 Å². The van der Waals surface area contributed by atoms with Gasteiger partial charge in [0.1, 0.15) is 6.54 Å². The first-order valence-corrected chi connectivity index (χ1v) is 9.60. The Hall–Kier alpha value is -3.12. The third kappa shape index (κ3) is 4.78. The van der Waals surface area contributed by atoms with Crippen molar-refractivity contribution in [1.82, 2.24) is 4.90 Å². The zero-order chi connectivity index (χ0) is 20.1. The van der Waals surface area contributed by atoms with E-state index in [0.29, 0.717) is 10.6 Å². The number of aryl methyl sites for hydroxylation is 1. The Bertz CT molecular complexity index is 980. The minimum absolute atomic E-state index is 0.308. The van der Waals surface area contributed by atoms with Crippen molar-refractivity contribution in [2.75, 3.05) is 11.9 Å². The van der Waals surface area contributed by atoms with Gasteiger partial charge in [0.05, 0.1) is 4.91 Å². The van der Waals surface area contributed by atoms with Gasteiger partial charge < -0.3 is 5.32 Å². The molecule has 5 nitrogen and oxygen atoms in total. The van der Waals surface area contributed by atoms with Crippen LogP contribution in [-0.4, -0.2) is 28.5 Å². The van der Waals surface area contributed by atoms with Crippen LogP contribution >= 0.6 is 11.8 Å². The maximum atomic E-state index is 12.6. The van der Waals surface area contributed by atoms with Crippen molar-refractivity contribution in [2.24, 2.45) is 0 Å². The van der Waals surface area contributed by atoms with E-state index in [2.05, 4.69) is 5.32 Å². The highest BCUT2D eigenvalue weighted by molar-refractivity contribution is 8.18. The number of carbonyl (C=O) groups is 3. The van der Waals surface area contributed by atoms with Crippen LogP contribution in [0.4, 0.5) is 10.5 Å². The van der Waals surface area contributed by atoms with E-state index in [1.807, 2.05) is 68.5 Å². The van der Waals surface area contributed by atoms with Crippen molar-refractivity contribution < 1.29 is 14.4 Å². The number of anilines is 1. The van der Waals surface area contributed by atoms with Gasteiger partial charge in [0, 0.05) is 5.69 Å². The zero-order valence-corrected chi connectivity index (χ0v) is 16.5. The summed E-state index contributed by atoms with van der Waals surface area (Å²) >= 11 is 0.850. The van der Waals surface area contributed by atoms with Crippen LogP contribution in [0.1, 0.15) is 18.1 Å². The summed E-state index contributed by atoms with van der Waals surface area (Å²) in [4.78, 5) is 38.4. The smallest absolute Gasteiger partial charge is 0.294 e. The summed E-state index contributed by atoms with van der Waals surface area (Å²) in [6.45, 7) is 3.43. The number of para-hydroxylation sites is 1. The predicted molar refractivity (Wildman–Crippen MR) is 113 cm³/mol. The van der Waals surface area contributed by atoms with E-state index in [1.165, 1.54) is 0 Å². The molecule has 0 saturated carbocycles. The maximum Gasteiger partial charge on any atom is 0.294 e. The first kappa shape index (κ1) is 19.6. The molecule has 1 fully saturated rings. The van der Waals surface area contributed by atoms with Gasteiger partial charge in [-0.25, -0.2) is 0 Å². The topological polar surface area (TPSA) is 66.5 Å². The first-order valence-electron chi connectivity index (χ1n) is 8.78. The Balaban J connectivity index is 1.68. The number of imide groups is 1. The molecule has 0 bridgehead atoms. The third-order valence-corrected chi connectivity index (χ3v) is 5.05. The molecule has 0 unspecified atom stereocenters. The molecule has 0 aromatic heterocycles. The van der Waals surface area contributed by atoms with E-state index in [4.69, 9.17) is 0 Å². The molecule has 1 N–H and O–H groups in total. The molecule has 28 heavy (non-hydrogen) atoms. The van der Waals surface area contributed by atoms with E-state index in [9.17, 15) is 14.4 Å². The Morgan fingerprint density at radius 2 is 1.75 bits per heavy atom. The van der Waals surface area contributed by atoms with Gasteiger partial charge in [-0.3, -0.25) is 19.3 Å². The Morgan fingerprint density at radius 1 is 1.07 bits per heavy atom. The molecule has 2 aromatic rings. The SMILES string of the molecule is CC(=C\c1ccccc1)/C=C1/SC(=O)N(CC(=O)Nc2ccccc2C)C1=O. The number of benzene rings is 2. The minimum atomic E-state index is -0.448. The van der Waals surface area contributed by atoms with E-state index in [0.717, 1.165) is 33.4 Å². The largest absolute Gasteiger partial charge is 0.324 e. The van der Waals surface area contributed by atoms with Gasteiger partial charge in [0.15, 0.2) is 0 Å². The van der Waals surface area contributed by atoms with Crippen LogP contribution in [0.5, 0.6) is 0 Å². The summed E-state index contributed by atoms with van der Waals surface area (Å²) in [6, 6.07) is 17.0. The van der Waals surface area contributed by atoms with Crippen LogP contribution in [0.15, 0.2) is 71.2 Å². The molecule has 1 aliphatic heterocycles. The zero-order valence-electron chi connectivity index (χ0n) is 15.6. The number of rotatable bonds is 5. The maximum absolute atomic E-state index is 12.6. The first-order chi connectivity index (χ1) is 13.4. The number of nitrogens with one attached hydrogen (secondary N) is 1. The fourth-order valence-electron chi connectivity index (χ4n) is 2.74. The van der Waals surface area contributed by atoms with Crippen molar-refractivity contribution in [3.63, 3.8) is 0 Å². The second kappa shape index (κ2) is 8.71. The number of nitrogens with zero attached hydrogens (tertiary/aromatic N) is 1. The van der Waals surface area contributed by atoms with Crippen LogP contribution in [0.25, 0.3) is 6.08 Å². The molecule has 0 radical (unpaired) electrons. The number of hydrogen-bond donors (Lipinski definition) is 1. The number of amides is 3. The fourth-order valence-corrected chi connectivity index (χ4v) is 3.63. The molecule has 1 aliphatic rings. The molecule has 3 rings (SSSR count). The van der Waals surface area contributed by atoms with Crippen molar-refractivity contribution >= 4 is 40.6 Å². The highest BCUT2D eigenvalue weighted by Gasteiger charge is 2.36. The van der Waals surface area contributed by atoms with Gasteiger partial charge in [0.2, 0.25) is 5.91 Å². The average Bonchev–Trinajstić information content (AvgIpc) is 2.91. The summed E-state index contributed by atoms with van der Waals surface area (Å²) in [5.74, 6) is -0.856. The third-order valence-electron chi connectivity index (χ3n) is 4.15. The Kier molecular flexibility index (Phi) is 6.11. The molecule has 6 heteroatoms. The van der Waals surface area contributed by atoms with Crippen LogP contribution in [-0.2, 0) is 9.59 Å². The summed E-state index contributed by atoms with van der Waals surface area (Å²) in [5, 5.41) is 2.30. The second-order valence-electron chi connectivity index (χ2n) is 6.43. The van der Waals surface area contributed by atoms with Crippen LogP contribution in [0.2, 0.25) is 0 Å². The highest BCUT2D eigenvalue weighted by Crippen LogP contribution is 2.31. The average molecular weight is 392 g/mol. The van der Waals surface area contributed by atoms with Gasteiger partial charge in [-0.1, -0.05) is 54.6 Å². The van der Waals surface area contributed by atoms with E-state index >= 15 is 0 Å². The molecular formula is C22H20N2O3S. The van der Waals surface area contributed by atoms with Crippen LogP contribution < -0.4 is 5.32 Å². The molecule has 0 aliphatic carbocycles. The summed E-state index contributed by atoms with van der Waals surface area (Å²) in [5.41, 5.74) is 3.43. The van der Waals surface area contributed by atoms with E-state index in [1.54, 1.807) is 12.1 Å². The standard InChI is InChI=1S/C22H20N2O3S/c1-15(12-17-9-4-3-5-10-17)13-19-21(26)24(22(27)28-19)14-20(25)23-18-11-7-6-8-16(18)2/h3-13H,14H2,1-2H3,(H,23,25)/b15-12+,19-13+. The van der Waals surface area contributed by atoms with Crippen LogP contribution in [0.3, 0.4) is 0 Å². The number of carbonyl (C=O) groups excluding carboxylic acids is 3. The van der Waals surface area contributed by atoms with Crippen molar-refractivity contribution in [3.8, 4) is 0 Å². The number of hydrogen-bond acceptors (Lipinski definition) is 4. The van der Waals surface area contributed by atoms with E-state index < -0.39 is 17.1 Å². The molecule has 0 atom stereocenters. The quantitative estimate of drug-likeness (QED) is 0.754. The molecule has 0 spiro atoms. The van der Waals surface area contributed by atoms with E-state index in [-0.39, 0.29) is 6.54 Å². The van der Waals surface area contributed by atoms with Gasteiger partial charge in [-0.05, 0) is 54.5 Å². The summed E-state index contributed by atoms with van der Waals surface area (Å²) in [7, 11) is 0. The lowest BCUT2D eigenvalue weighted by Gasteiger charge is -2.13. The summed E-state index contributed by atoms with van der Waals surface area (Å²) in [6.07, 6.45) is 3.61. The van der Waals surface area contributed by atoms with Gasteiger partial charge in [0.25, 0.3) is 11.1 Å². The number of allylic oxidation sites excluding steroid dienone is 2. The molecule has 3 amide bonds. The fraction of sp³-hybridized carbons (Fsp3) is 0.136. The molecule has 2 aromatic carbocycles. The lowest BCUT2D eigenvalue weighted by molar-refractivity contribution is -0.127. The van der Waals surface area contributed by atoms with Crippen molar-refractivity contribution in [1.29, 1.82) is 0 Å². The lowest BCUT2D eigenvalue weighted by Crippen LogP contribution is -2.36. The van der Waals surface area contributed by atoms with Crippen molar-refractivity contribution in [2.45, 2.75) is 13.8 Å². The monoisotopic (exact) mass is 392 g/mol. The molecular weight excluding hydrogens is 372 g/mol. The predicted octanol–water partition coefficient (Wildman–Crippen LogP) is 4.62. The molecule has 1 heterocycles. The second-order valence-corrected chi connectivity index (χ2v) is 7.42. The van der Waals surface area contributed by atoms with Gasteiger partial charge >= 0.3 is 0 Å². The van der Waals surface area contributed by atoms with Crippen LogP contribution in [0, 0.1) is 6.92 Å². The highest BCUT2D eigenvalue weighted by atomic mass is 32.2. The van der Waals surface area contributed by atoms with Crippen molar-refractivity contribution in [3.05, 3.63) is 82.3 Å². The normalized spacial score (nSPS) is 16.0. The number of thioether (sulfide) groups is 1. The lowest BCUT2D eigenvalue weighted by atomic mass is 10.1. The minimum Gasteiger partial charge on any atom is -0.324 e. The summed E-state index contributed by atoms with van der Waals surface area (Å²) < 4.78 is 0. The Labute approximate surface area is 168 Å². The molecule has 142 valence electrons. The molecule has 1 saturated heterocycles.